The first kappa shape index (κ1) is 19.6. The molecule has 7 nitrogen and oxygen atoms in total. The molecule has 1 aliphatic heterocycles. The number of rotatable bonds is 5. The highest BCUT2D eigenvalue weighted by molar-refractivity contribution is 7.90. The van der Waals surface area contributed by atoms with Crippen LogP contribution in [-0.4, -0.2) is 45.2 Å². The highest BCUT2D eigenvalue weighted by Crippen LogP contribution is 2.41. The molecular weight excluding hydrogens is 392 g/mol. The van der Waals surface area contributed by atoms with Crippen LogP contribution in [-0.2, 0) is 20.0 Å². The Hall–Kier alpha value is -2.71. The van der Waals surface area contributed by atoms with Crippen LogP contribution in [0, 0.1) is 0 Å². The van der Waals surface area contributed by atoms with Gasteiger partial charge in [0.25, 0.3) is 0 Å². The molecule has 0 unspecified atom stereocenters. The topological polar surface area (TPSA) is 91.5 Å². The summed E-state index contributed by atoms with van der Waals surface area (Å²) in [5, 5.41) is 8.58. The Kier molecular flexibility index (Phi) is 5.14. The smallest absolute Gasteiger partial charge is 0.247 e. The highest BCUT2D eigenvalue weighted by Gasteiger charge is 2.41. The van der Waals surface area contributed by atoms with Crippen molar-refractivity contribution < 1.29 is 22.3 Å². The van der Waals surface area contributed by atoms with Gasteiger partial charge in [0.15, 0.2) is 9.84 Å². The minimum Gasteiger partial charge on any atom is -0.497 e. The summed E-state index contributed by atoms with van der Waals surface area (Å²) < 4.78 is 40.3. The lowest BCUT2D eigenvalue weighted by Crippen LogP contribution is -2.35. The van der Waals surface area contributed by atoms with Gasteiger partial charge < -0.3 is 13.9 Å². The van der Waals surface area contributed by atoms with Crippen LogP contribution in [0.25, 0.3) is 11.5 Å². The number of nitrogens with zero attached hydrogens (tertiary/aromatic N) is 2. The second-order valence-electron chi connectivity index (χ2n) is 7.13. The van der Waals surface area contributed by atoms with Crippen LogP contribution in [0.3, 0.4) is 0 Å². The van der Waals surface area contributed by atoms with E-state index in [0.717, 1.165) is 24.2 Å². The van der Waals surface area contributed by atoms with Gasteiger partial charge in [0, 0.05) is 25.0 Å². The van der Waals surface area contributed by atoms with Gasteiger partial charge in [-0.15, -0.1) is 10.2 Å². The first-order chi connectivity index (χ1) is 13.9. The zero-order valence-electron chi connectivity index (χ0n) is 16.3. The second-order valence-corrected chi connectivity index (χ2v) is 9.15. The van der Waals surface area contributed by atoms with Crippen molar-refractivity contribution in [3.05, 3.63) is 60.0 Å². The fourth-order valence-corrected chi connectivity index (χ4v) is 4.26. The fourth-order valence-electron chi connectivity index (χ4n) is 3.63. The molecule has 3 aromatic rings. The van der Waals surface area contributed by atoms with Gasteiger partial charge in [-0.2, -0.15) is 0 Å². The van der Waals surface area contributed by atoms with E-state index in [1.54, 1.807) is 31.4 Å². The molecule has 1 saturated heterocycles. The summed E-state index contributed by atoms with van der Waals surface area (Å²) >= 11 is 0. The monoisotopic (exact) mass is 414 g/mol. The minimum atomic E-state index is -3.26. The molecule has 0 spiro atoms. The standard InChI is InChI=1S/C21H22N2O5S/c1-26-17-7-5-16(6-8-17)21(11-13-27-14-12-21)20-23-22-19(28-20)15-3-9-18(10-4-15)29(2,24)25/h3-10H,11-14H2,1-2H3. The number of hydrogen-bond acceptors (Lipinski definition) is 7. The molecule has 2 heterocycles. The number of sulfone groups is 1. The first-order valence-corrected chi connectivity index (χ1v) is 11.2. The quantitative estimate of drug-likeness (QED) is 0.633. The molecule has 2 aromatic carbocycles. The zero-order valence-corrected chi connectivity index (χ0v) is 17.1. The van der Waals surface area contributed by atoms with Gasteiger partial charge in [-0.25, -0.2) is 8.42 Å². The van der Waals surface area contributed by atoms with Crippen molar-refractivity contribution in [1.82, 2.24) is 10.2 Å². The van der Waals surface area contributed by atoms with Crippen molar-refractivity contribution >= 4 is 9.84 Å². The van der Waals surface area contributed by atoms with Gasteiger partial charge in [0.05, 0.1) is 17.4 Å². The third-order valence-corrected chi connectivity index (χ3v) is 6.48. The van der Waals surface area contributed by atoms with E-state index < -0.39 is 15.3 Å². The molecular formula is C21H22N2O5S. The minimum absolute atomic E-state index is 0.250. The predicted octanol–water partition coefficient (Wildman–Crippen LogP) is 3.25. The molecule has 29 heavy (non-hydrogen) atoms. The molecule has 0 atom stereocenters. The normalized spacial score (nSPS) is 16.5. The van der Waals surface area contributed by atoms with Crippen LogP contribution >= 0.6 is 0 Å². The molecule has 8 heteroatoms. The molecule has 1 fully saturated rings. The number of aromatic nitrogens is 2. The average molecular weight is 414 g/mol. The molecule has 4 rings (SSSR count). The number of benzene rings is 2. The summed E-state index contributed by atoms with van der Waals surface area (Å²) in [6.45, 7) is 1.21. The van der Waals surface area contributed by atoms with Crippen molar-refractivity contribution in [2.45, 2.75) is 23.2 Å². The van der Waals surface area contributed by atoms with Gasteiger partial charge >= 0.3 is 0 Å². The Balaban J connectivity index is 1.71. The Morgan fingerprint density at radius 2 is 1.62 bits per heavy atom. The Labute approximate surface area is 169 Å². The number of methoxy groups -OCH3 is 1. The van der Waals surface area contributed by atoms with Crippen molar-refractivity contribution in [2.24, 2.45) is 0 Å². The van der Waals surface area contributed by atoms with Gasteiger partial charge in [-0.05, 0) is 54.8 Å². The zero-order chi connectivity index (χ0) is 20.5. The predicted molar refractivity (Wildman–Crippen MR) is 107 cm³/mol. The van der Waals surface area contributed by atoms with E-state index in [1.165, 1.54) is 6.26 Å². The Morgan fingerprint density at radius 3 is 2.21 bits per heavy atom. The maximum Gasteiger partial charge on any atom is 0.247 e. The maximum absolute atomic E-state index is 11.7. The molecule has 1 aromatic heterocycles. The van der Waals surface area contributed by atoms with Gasteiger partial charge in [-0.1, -0.05) is 12.1 Å². The maximum atomic E-state index is 11.7. The van der Waals surface area contributed by atoms with E-state index >= 15 is 0 Å². The molecule has 0 amide bonds. The summed E-state index contributed by atoms with van der Waals surface area (Å²) in [5.41, 5.74) is 1.32. The summed E-state index contributed by atoms with van der Waals surface area (Å²) in [6.07, 6.45) is 2.64. The van der Waals surface area contributed by atoms with Crippen LogP contribution in [0.4, 0.5) is 0 Å². The summed E-state index contributed by atoms with van der Waals surface area (Å²) in [4.78, 5) is 0.250. The van der Waals surface area contributed by atoms with Gasteiger partial charge in [-0.3, -0.25) is 0 Å². The third kappa shape index (κ3) is 3.77. The molecule has 152 valence electrons. The third-order valence-electron chi connectivity index (χ3n) is 5.35. The average Bonchev–Trinajstić information content (AvgIpc) is 3.25. The molecule has 0 bridgehead atoms. The number of ether oxygens (including phenoxy) is 2. The van der Waals surface area contributed by atoms with E-state index in [-0.39, 0.29) is 4.90 Å². The lowest BCUT2D eigenvalue weighted by Gasteiger charge is -2.34. The van der Waals surface area contributed by atoms with E-state index in [9.17, 15) is 8.42 Å². The lowest BCUT2D eigenvalue weighted by molar-refractivity contribution is 0.0546. The Morgan fingerprint density at radius 1 is 0.966 bits per heavy atom. The van der Waals surface area contributed by atoms with E-state index in [4.69, 9.17) is 13.9 Å². The lowest BCUT2D eigenvalue weighted by atomic mass is 9.74. The van der Waals surface area contributed by atoms with Crippen LogP contribution in [0.5, 0.6) is 5.75 Å². The van der Waals surface area contributed by atoms with Crippen LogP contribution < -0.4 is 4.74 Å². The fraction of sp³-hybridized carbons (Fsp3) is 0.333. The first-order valence-electron chi connectivity index (χ1n) is 9.29. The van der Waals surface area contributed by atoms with E-state index in [2.05, 4.69) is 10.2 Å². The van der Waals surface area contributed by atoms with E-state index in [0.29, 0.717) is 30.6 Å². The molecule has 0 aliphatic carbocycles. The van der Waals surface area contributed by atoms with Crippen LogP contribution in [0.15, 0.2) is 57.8 Å². The van der Waals surface area contributed by atoms with Crippen molar-refractivity contribution in [1.29, 1.82) is 0 Å². The SMILES string of the molecule is COc1ccc(C2(c3nnc(-c4ccc(S(C)(=O)=O)cc4)o3)CCOCC2)cc1. The van der Waals surface area contributed by atoms with E-state index in [1.807, 2.05) is 24.3 Å². The molecule has 1 aliphatic rings. The highest BCUT2D eigenvalue weighted by atomic mass is 32.2. The molecule has 0 N–H and O–H groups in total. The second kappa shape index (κ2) is 7.61. The van der Waals surface area contributed by atoms with Crippen LogP contribution in [0.2, 0.25) is 0 Å². The molecule has 0 radical (unpaired) electrons. The number of hydrogen-bond donors (Lipinski definition) is 0. The van der Waals surface area contributed by atoms with Gasteiger partial charge in [0.2, 0.25) is 11.8 Å². The summed E-state index contributed by atoms with van der Waals surface area (Å²) in [7, 11) is -1.62. The largest absolute Gasteiger partial charge is 0.497 e. The van der Waals surface area contributed by atoms with Crippen LogP contribution in [0.1, 0.15) is 24.3 Å². The van der Waals surface area contributed by atoms with Gasteiger partial charge in [0.1, 0.15) is 5.75 Å². The molecule has 0 saturated carbocycles. The summed E-state index contributed by atoms with van der Waals surface area (Å²) in [5.74, 6) is 1.68. The van der Waals surface area contributed by atoms with Crippen molar-refractivity contribution in [2.75, 3.05) is 26.6 Å². The summed E-state index contributed by atoms with van der Waals surface area (Å²) in [6, 6.07) is 14.3. The van der Waals surface area contributed by atoms with Crippen molar-refractivity contribution in [3.63, 3.8) is 0 Å². The van der Waals surface area contributed by atoms with Crippen molar-refractivity contribution in [3.8, 4) is 17.2 Å². The Bertz CT molecular complexity index is 1080.